The molecule has 170 valence electrons. The third-order valence-electron chi connectivity index (χ3n) is 5.27. The molecule has 0 atom stereocenters. The van der Waals surface area contributed by atoms with Gasteiger partial charge in [0.2, 0.25) is 0 Å². The van der Waals surface area contributed by atoms with E-state index in [4.69, 9.17) is 0 Å². The first kappa shape index (κ1) is 22.5. The molecule has 0 fully saturated rings. The molecule has 0 spiro atoms. The van der Waals surface area contributed by atoms with Crippen molar-refractivity contribution in [3.8, 4) is 28.1 Å². The Morgan fingerprint density at radius 3 is 2.15 bits per heavy atom. The van der Waals surface area contributed by atoms with Crippen molar-refractivity contribution in [2.45, 2.75) is 0 Å². The highest BCUT2D eigenvalue weighted by atomic mass is 16.5. The van der Waals surface area contributed by atoms with Gasteiger partial charge in [0.1, 0.15) is 11.1 Å². The third kappa shape index (κ3) is 4.16. The summed E-state index contributed by atoms with van der Waals surface area (Å²) in [6, 6.07) is 22.5. The second-order valence-corrected chi connectivity index (χ2v) is 7.41. The van der Waals surface area contributed by atoms with Gasteiger partial charge in [0.25, 0.3) is 11.5 Å². The largest absolute Gasteiger partial charge is 0.505 e. The molecule has 0 aliphatic heterocycles. The number of carbonyl (C=O) groups excluding carboxylic acids is 2. The number of hydrogen-bond donors (Lipinski definition) is 2. The lowest BCUT2D eigenvalue weighted by Crippen LogP contribution is -2.31. The van der Waals surface area contributed by atoms with Gasteiger partial charge in [-0.2, -0.15) is 5.10 Å². The zero-order chi connectivity index (χ0) is 24.2. The predicted octanol–water partition coefficient (Wildman–Crippen LogP) is 3.86. The number of hydrogen-bond acceptors (Lipinski definition) is 6. The van der Waals surface area contributed by atoms with Gasteiger partial charge in [-0.25, -0.2) is 9.48 Å². The molecule has 0 unspecified atom stereocenters. The fraction of sp³-hybridized carbons (Fsp3) is 0.0769. The van der Waals surface area contributed by atoms with E-state index < -0.39 is 23.2 Å². The van der Waals surface area contributed by atoms with Crippen molar-refractivity contribution < 1.29 is 19.4 Å². The number of anilines is 1. The average molecular weight is 455 g/mol. The van der Waals surface area contributed by atoms with E-state index in [2.05, 4.69) is 15.2 Å². The van der Waals surface area contributed by atoms with Crippen LogP contribution in [-0.4, -0.2) is 33.9 Å². The molecule has 0 bridgehead atoms. The highest BCUT2D eigenvalue weighted by Crippen LogP contribution is 2.33. The quantitative estimate of drug-likeness (QED) is 0.349. The van der Waals surface area contributed by atoms with E-state index in [0.29, 0.717) is 16.8 Å². The molecule has 2 N–H and O–H groups in total. The van der Waals surface area contributed by atoms with E-state index in [-0.39, 0.29) is 16.8 Å². The number of para-hydroxylation sites is 1. The van der Waals surface area contributed by atoms with E-state index in [1.807, 2.05) is 36.4 Å². The maximum Gasteiger partial charge on any atom is 0.341 e. The van der Waals surface area contributed by atoms with Crippen LogP contribution >= 0.6 is 0 Å². The van der Waals surface area contributed by atoms with Crippen LogP contribution in [0.15, 0.2) is 83.7 Å². The van der Waals surface area contributed by atoms with Crippen molar-refractivity contribution in [3.63, 3.8) is 0 Å². The van der Waals surface area contributed by atoms with Gasteiger partial charge in [0.15, 0.2) is 5.75 Å². The number of methoxy groups -OCH3 is 1. The van der Waals surface area contributed by atoms with E-state index in [0.717, 1.165) is 10.2 Å². The molecule has 0 aliphatic rings. The van der Waals surface area contributed by atoms with Crippen molar-refractivity contribution >= 4 is 17.6 Å². The number of amides is 1. The van der Waals surface area contributed by atoms with Crippen LogP contribution in [0.25, 0.3) is 22.4 Å². The topological polar surface area (TPSA) is 111 Å². The van der Waals surface area contributed by atoms with Crippen molar-refractivity contribution in [2.75, 3.05) is 12.4 Å². The minimum absolute atomic E-state index is 0.0351. The predicted molar refractivity (Wildman–Crippen MR) is 128 cm³/mol. The second kappa shape index (κ2) is 9.41. The highest BCUT2D eigenvalue weighted by Gasteiger charge is 2.25. The van der Waals surface area contributed by atoms with E-state index in [9.17, 15) is 19.5 Å². The summed E-state index contributed by atoms with van der Waals surface area (Å²) in [6.45, 7) is 0. The van der Waals surface area contributed by atoms with Gasteiger partial charge in [0.05, 0.1) is 18.5 Å². The van der Waals surface area contributed by atoms with Crippen LogP contribution in [0.5, 0.6) is 5.75 Å². The summed E-state index contributed by atoms with van der Waals surface area (Å²) in [5.74, 6) is -1.97. The molecule has 0 radical (unpaired) electrons. The monoisotopic (exact) mass is 455 g/mol. The van der Waals surface area contributed by atoms with Gasteiger partial charge in [-0.3, -0.25) is 9.59 Å². The Labute approximate surface area is 195 Å². The number of nitrogens with one attached hydrogen (secondary N) is 1. The summed E-state index contributed by atoms with van der Waals surface area (Å²) in [5, 5.41) is 17.5. The van der Waals surface area contributed by atoms with Crippen molar-refractivity contribution in [2.24, 2.45) is 7.05 Å². The Hall–Kier alpha value is -4.72. The smallest absolute Gasteiger partial charge is 0.341 e. The zero-order valence-corrected chi connectivity index (χ0v) is 18.5. The number of aryl methyl sites for hydroxylation is 1. The number of ether oxygens (including phenoxy) is 1. The number of esters is 1. The van der Waals surface area contributed by atoms with Crippen LogP contribution in [0.1, 0.15) is 20.7 Å². The first-order valence-electron chi connectivity index (χ1n) is 10.4. The van der Waals surface area contributed by atoms with Crippen molar-refractivity contribution in [1.82, 2.24) is 9.78 Å². The molecular weight excluding hydrogens is 434 g/mol. The number of benzene rings is 3. The van der Waals surface area contributed by atoms with Crippen LogP contribution in [0, 0.1) is 0 Å². The molecule has 1 heterocycles. The summed E-state index contributed by atoms with van der Waals surface area (Å²) < 4.78 is 5.77. The summed E-state index contributed by atoms with van der Waals surface area (Å²) >= 11 is 0. The summed E-state index contributed by atoms with van der Waals surface area (Å²) in [5.41, 5.74) is 1.25. The molecule has 1 aromatic heterocycles. The van der Waals surface area contributed by atoms with Crippen LogP contribution in [0.4, 0.5) is 5.69 Å². The number of carbonyl (C=O) groups is 2. The number of nitrogens with zero attached hydrogens (tertiary/aromatic N) is 2. The van der Waals surface area contributed by atoms with E-state index in [1.54, 1.807) is 24.3 Å². The van der Waals surface area contributed by atoms with Gasteiger partial charge >= 0.3 is 5.97 Å². The molecule has 0 aliphatic carbocycles. The fourth-order valence-electron chi connectivity index (χ4n) is 3.63. The Morgan fingerprint density at radius 1 is 0.912 bits per heavy atom. The highest BCUT2D eigenvalue weighted by molar-refractivity contribution is 6.11. The Kier molecular flexibility index (Phi) is 6.22. The summed E-state index contributed by atoms with van der Waals surface area (Å²) in [4.78, 5) is 38.6. The molecule has 0 saturated carbocycles. The number of aromatic hydroxyl groups is 1. The molecule has 4 rings (SSSR count). The van der Waals surface area contributed by atoms with Crippen molar-refractivity contribution in [3.05, 3.63) is 100 Å². The lowest BCUT2D eigenvalue weighted by atomic mass is 9.95. The molecule has 0 saturated heterocycles. The molecule has 4 aromatic rings. The minimum Gasteiger partial charge on any atom is -0.505 e. The lowest BCUT2D eigenvalue weighted by molar-refractivity contribution is 0.0597. The van der Waals surface area contributed by atoms with Gasteiger partial charge in [-0.1, -0.05) is 66.7 Å². The number of rotatable bonds is 5. The average Bonchev–Trinajstić information content (AvgIpc) is 2.87. The minimum atomic E-state index is -0.759. The third-order valence-corrected chi connectivity index (χ3v) is 5.27. The maximum atomic E-state index is 13.5. The molecule has 34 heavy (non-hydrogen) atoms. The van der Waals surface area contributed by atoms with E-state index >= 15 is 0 Å². The normalized spacial score (nSPS) is 10.5. The SMILES string of the molecule is COC(=O)c1cccc(NC(=O)c2c(-c3ccccc3)c(-c3ccccc3)nn(C)c2=O)c1O. The maximum absolute atomic E-state index is 13.5. The second-order valence-electron chi connectivity index (χ2n) is 7.41. The molecular formula is C26H21N3O5. The van der Waals surface area contributed by atoms with Gasteiger partial charge in [0, 0.05) is 18.2 Å². The number of phenols is 1. The Morgan fingerprint density at radius 2 is 1.53 bits per heavy atom. The molecule has 1 amide bonds. The Balaban J connectivity index is 1.92. The number of phenolic OH excluding ortho intramolecular Hbond substituents is 1. The summed E-state index contributed by atoms with van der Waals surface area (Å²) in [6.07, 6.45) is 0. The van der Waals surface area contributed by atoms with Crippen LogP contribution in [-0.2, 0) is 11.8 Å². The first-order chi connectivity index (χ1) is 16.4. The summed E-state index contributed by atoms with van der Waals surface area (Å²) in [7, 11) is 2.65. The van der Waals surface area contributed by atoms with Crippen LogP contribution < -0.4 is 10.9 Å². The lowest BCUT2D eigenvalue weighted by Gasteiger charge is -2.16. The first-order valence-corrected chi connectivity index (χ1v) is 10.4. The Bertz CT molecular complexity index is 1430. The molecule has 3 aromatic carbocycles. The standard InChI is InChI=1S/C26H21N3O5/c1-29-25(32)21(24(31)27-19-15-9-14-18(23(19)30)26(33)34-2)20(16-10-5-3-6-11-16)22(28-29)17-12-7-4-8-13-17/h3-15,30H,1-2H3,(H,27,31). The van der Waals surface area contributed by atoms with Gasteiger partial charge in [-0.05, 0) is 17.7 Å². The fourth-order valence-corrected chi connectivity index (χ4v) is 3.63. The van der Waals surface area contributed by atoms with Crippen LogP contribution in [0.2, 0.25) is 0 Å². The zero-order valence-electron chi connectivity index (χ0n) is 18.5. The van der Waals surface area contributed by atoms with Crippen LogP contribution in [0.3, 0.4) is 0 Å². The van der Waals surface area contributed by atoms with Gasteiger partial charge in [-0.15, -0.1) is 0 Å². The number of aromatic nitrogens is 2. The molecule has 8 heteroatoms. The van der Waals surface area contributed by atoms with Crippen molar-refractivity contribution in [1.29, 1.82) is 0 Å². The van der Waals surface area contributed by atoms with E-state index in [1.165, 1.54) is 32.4 Å². The molecule has 8 nitrogen and oxygen atoms in total. The van der Waals surface area contributed by atoms with Gasteiger partial charge < -0.3 is 15.2 Å².